The molecule has 0 nitrogen and oxygen atoms in total. The molecular weight excluding hydrogens is 221 g/mol. The highest BCUT2D eigenvalue weighted by atomic mass is 32.2. The van der Waals surface area contributed by atoms with Gasteiger partial charge in [0.25, 0.3) is 0 Å². The zero-order valence-electron chi connectivity index (χ0n) is 8.21. The third-order valence-electron chi connectivity index (χ3n) is 1.78. The number of allylic oxidation sites excluding steroid dienone is 1. The smallest absolute Gasteiger partial charge is 0.171 e. The lowest BCUT2D eigenvalue weighted by Gasteiger charge is -2.00. The molecule has 0 heterocycles. The van der Waals surface area contributed by atoms with Gasteiger partial charge in [-0.3, -0.25) is 0 Å². The zero-order valence-corrected chi connectivity index (χ0v) is 9.03. The first-order valence-corrected chi connectivity index (χ1v) is 5.61. The van der Waals surface area contributed by atoms with Gasteiger partial charge in [0, 0.05) is 4.90 Å². The van der Waals surface area contributed by atoms with Crippen LogP contribution in [0, 0.1) is 0 Å². The monoisotopic (exact) mass is 232 g/mol. The van der Waals surface area contributed by atoms with Gasteiger partial charge >= 0.3 is 6.18 Å². The highest BCUT2D eigenvalue weighted by molar-refractivity contribution is 7.98. The van der Waals surface area contributed by atoms with Gasteiger partial charge in [0.1, 0.15) is 0 Å². The first-order valence-electron chi connectivity index (χ1n) is 4.38. The van der Waals surface area contributed by atoms with Crippen molar-refractivity contribution in [2.75, 3.05) is 6.26 Å². The van der Waals surface area contributed by atoms with Gasteiger partial charge in [-0.2, -0.15) is 13.2 Å². The van der Waals surface area contributed by atoms with E-state index >= 15 is 0 Å². The molecule has 1 rings (SSSR count). The highest BCUT2D eigenvalue weighted by Gasteiger charge is 2.24. The van der Waals surface area contributed by atoms with E-state index in [2.05, 4.69) is 0 Å². The van der Waals surface area contributed by atoms with E-state index in [9.17, 15) is 13.2 Å². The maximum Gasteiger partial charge on any atom is 0.392 e. The second-order valence-corrected chi connectivity index (χ2v) is 3.87. The third kappa shape index (κ3) is 4.93. The SMILES string of the molecule is CSc1ccc(/C=C/CC(F)(F)F)cc1. The minimum Gasteiger partial charge on any atom is -0.171 e. The molecule has 0 atom stereocenters. The van der Waals surface area contributed by atoms with Gasteiger partial charge in [-0.05, 0) is 24.0 Å². The molecule has 0 fully saturated rings. The Balaban J connectivity index is 2.57. The Bertz CT molecular complexity index is 325. The fraction of sp³-hybridized carbons (Fsp3) is 0.273. The molecule has 0 unspecified atom stereocenters. The van der Waals surface area contributed by atoms with Crippen molar-refractivity contribution in [1.82, 2.24) is 0 Å². The summed E-state index contributed by atoms with van der Waals surface area (Å²) >= 11 is 1.60. The molecule has 0 bridgehead atoms. The fourth-order valence-electron chi connectivity index (χ4n) is 1.04. The van der Waals surface area contributed by atoms with Crippen molar-refractivity contribution in [3.8, 4) is 0 Å². The van der Waals surface area contributed by atoms with Crippen LogP contribution in [0.5, 0.6) is 0 Å². The van der Waals surface area contributed by atoms with Crippen molar-refractivity contribution in [2.45, 2.75) is 17.5 Å². The number of alkyl halides is 3. The molecule has 15 heavy (non-hydrogen) atoms. The molecule has 0 spiro atoms. The van der Waals surface area contributed by atoms with Crippen LogP contribution in [0.25, 0.3) is 6.08 Å². The summed E-state index contributed by atoms with van der Waals surface area (Å²) in [4.78, 5) is 1.10. The topological polar surface area (TPSA) is 0 Å². The molecular formula is C11H11F3S. The molecule has 1 aromatic rings. The van der Waals surface area contributed by atoms with E-state index in [4.69, 9.17) is 0 Å². The Hall–Kier alpha value is -0.900. The zero-order chi connectivity index (χ0) is 11.3. The Morgan fingerprint density at radius 1 is 1.20 bits per heavy atom. The summed E-state index contributed by atoms with van der Waals surface area (Å²) < 4.78 is 35.5. The molecule has 0 aliphatic heterocycles. The summed E-state index contributed by atoms with van der Waals surface area (Å²) in [6.45, 7) is 0. The molecule has 0 aromatic heterocycles. The summed E-state index contributed by atoms with van der Waals surface area (Å²) in [5, 5.41) is 0. The van der Waals surface area contributed by atoms with Crippen molar-refractivity contribution >= 4 is 17.8 Å². The summed E-state index contributed by atoms with van der Waals surface area (Å²) in [6.07, 6.45) is -0.423. The number of hydrogen-bond acceptors (Lipinski definition) is 1. The molecule has 0 saturated heterocycles. The third-order valence-corrected chi connectivity index (χ3v) is 2.52. The molecule has 0 amide bonds. The van der Waals surface area contributed by atoms with E-state index in [0.717, 1.165) is 16.5 Å². The molecule has 0 aliphatic rings. The van der Waals surface area contributed by atoms with Crippen LogP contribution in [0.4, 0.5) is 13.2 Å². The van der Waals surface area contributed by atoms with Crippen molar-refractivity contribution in [1.29, 1.82) is 0 Å². The maximum absolute atomic E-state index is 11.8. The van der Waals surface area contributed by atoms with Crippen LogP contribution >= 0.6 is 11.8 Å². The van der Waals surface area contributed by atoms with Gasteiger partial charge in [0.05, 0.1) is 6.42 Å². The number of hydrogen-bond donors (Lipinski definition) is 0. The van der Waals surface area contributed by atoms with E-state index in [0.29, 0.717) is 0 Å². The van der Waals surface area contributed by atoms with E-state index in [1.165, 1.54) is 6.08 Å². The first-order chi connectivity index (χ1) is 7.01. The normalized spacial score (nSPS) is 12.3. The Morgan fingerprint density at radius 2 is 1.80 bits per heavy atom. The van der Waals surface area contributed by atoms with Crippen LogP contribution in [0.2, 0.25) is 0 Å². The van der Waals surface area contributed by atoms with Gasteiger partial charge in [-0.1, -0.05) is 24.3 Å². The Kier molecular flexibility index (Phi) is 4.27. The summed E-state index contributed by atoms with van der Waals surface area (Å²) in [7, 11) is 0. The number of rotatable bonds is 3. The molecule has 0 saturated carbocycles. The van der Waals surface area contributed by atoms with E-state index in [1.54, 1.807) is 23.9 Å². The second kappa shape index (κ2) is 5.26. The predicted octanol–water partition coefficient (Wildman–Crippen LogP) is 4.37. The van der Waals surface area contributed by atoms with Crippen LogP contribution in [0.3, 0.4) is 0 Å². The summed E-state index contributed by atoms with van der Waals surface area (Å²) in [6, 6.07) is 7.38. The number of thioether (sulfide) groups is 1. The Morgan fingerprint density at radius 3 is 2.27 bits per heavy atom. The largest absolute Gasteiger partial charge is 0.392 e. The average molecular weight is 232 g/mol. The van der Waals surface area contributed by atoms with Crippen LogP contribution < -0.4 is 0 Å². The van der Waals surface area contributed by atoms with E-state index in [1.807, 2.05) is 18.4 Å². The molecule has 4 heteroatoms. The second-order valence-electron chi connectivity index (χ2n) is 2.99. The molecule has 1 aromatic carbocycles. The fourth-order valence-corrected chi connectivity index (χ4v) is 1.45. The molecule has 0 radical (unpaired) electrons. The lowest BCUT2D eigenvalue weighted by atomic mass is 10.2. The predicted molar refractivity (Wildman–Crippen MR) is 57.9 cm³/mol. The maximum atomic E-state index is 11.8. The summed E-state index contributed by atoms with van der Waals surface area (Å²) in [5.41, 5.74) is 0.789. The van der Waals surface area contributed by atoms with Crippen molar-refractivity contribution in [3.05, 3.63) is 35.9 Å². The van der Waals surface area contributed by atoms with Crippen LogP contribution in [-0.4, -0.2) is 12.4 Å². The van der Waals surface area contributed by atoms with E-state index in [-0.39, 0.29) is 0 Å². The highest BCUT2D eigenvalue weighted by Crippen LogP contribution is 2.21. The minimum absolute atomic E-state index is 0.789. The standard InChI is InChI=1S/C11H11F3S/c1-15-10-6-4-9(5-7-10)3-2-8-11(12,13)14/h2-7H,8H2,1H3/b3-2+. The van der Waals surface area contributed by atoms with Crippen molar-refractivity contribution in [2.24, 2.45) is 0 Å². The van der Waals surface area contributed by atoms with Gasteiger partial charge in [-0.25, -0.2) is 0 Å². The summed E-state index contributed by atoms with van der Waals surface area (Å²) in [5.74, 6) is 0. The number of halogens is 3. The quantitative estimate of drug-likeness (QED) is 0.697. The van der Waals surface area contributed by atoms with Crippen LogP contribution in [-0.2, 0) is 0 Å². The number of benzene rings is 1. The lowest BCUT2D eigenvalue weighted by molar-refractivity contribution is -0.124. The van der Waals surface area contributed by atoms with Crippen LogP contribution in [0.1, 0.15) is 12.0 Å². The molecule has 82 valence electrons. The van der Waals surface area contributed by atoms with Gasteiger partial charge in [-0.15, -0.1) is 11.8 Å². The van der Waals surface area contributed by atoms with E-state index < -0.39 is 12.6 Å². The lowest BCUT2D eigenvalue weighted by Crippen LogP contribution is -2.03. The Labute approximate surface area is 91.2 Å². The molecule has 0 aliphatic carbocycles. The van der Waals surface area contributed by atoms with Crippen LogP contribution in [0.15, 0.2) is 35.2 Å². The molecule has 0 N–H and O–H groups in total. The minimum atomic E-state index is -4.12. The van der Waals surface area contributed by atoms with Gasteiger partial charge in [0.15, 0.2) is 0 Å². The first kappa shape index (κ1) is 12.2. The van der Waals surface area contributed by atoms with Gasteiger partial charge in [0.2, 0.25) is 0 Å². The van der Waals surface area contributed by atoms with Crippen molar-refractivity contribution in [3.63, 3.8) is 0 Å². The van der Waals surface area contributed by atoms with Gasteiger partial charge < -0.3 is 0 Å². The average Bonchev–Trinajstić information content (AvgIpc) is 2.17. The van der Waals surface area contributed by atoms with Crippen molar-refractivity contribution < 1.29 is 13.2 Å².